The fourth-order valence-corrected chi connectivity index (χ4v) is 5.53. The van der Waals surface area contributed by atoms with Crippen molar-refractivity contribution >= 4 is 17.3 Å². The predicted molar refractivity (Wildman–Crippen MR) is 151 cm³/mol. The third-order valence-electron chi connectivity index (χ3n) is 8.27. The molecule has 2 aliphatic heterocycles. The van der Waals surface area contributed by atoms with Gasteiger partial charge < -0.3 is 0 Å². The lowest BCUT2D eigenvalue weighted by Crippen LogP contribution is -2.57. The number of piperazine rings is 2. The second-order valence-corrected chi connectivity index (χ2v) is 10.9. The lowest BCUT2D eigenvalue weighted by Gasteiger charge is -2.41. The normalized spacial score (nSPS) is 19.7. The molecule has 0 N–H and O–H groups in total. The Kier molecular flexibility index (Phi) is 9.60. The average Bonchev–Trinajstić information content (AvgIpc) is 2.93. The second-order valence-electron chi connectivity index (χ2n) is 10.9. The minimum absolute atomic E-state index is 0.0835. The number of benzene rings is 2. The molecule has 2 heterocycles. The van der Waals surface area contributed by atoms with Gasteiger partial charge >= 0.3 is 0 Å². The molecule has 2 saturated heterocycles. The number of hydrogen-bond donors (Lipinski definition) is 0. The highest BCUT2D eigenvalue weighted by atomic mass is 16.1. The molecule has 0 radical (unpaired) electrons. The van der Waals surface area contributed by atoms with E-state index in [0.717, 1.165) is 76.6 Å². The lowest BCUT2D eigenvalue weighted by molar-refractivity contribution is -0.130. The summed E-state index contributed by atoms with van der Waals surface area (Å²) in [6, 6.07) is 15.6. The van der Waals surface area contributed by atoms with Crippen molar-refractivity contribution in [3.05, 3.63) is 70.8 Å². The summed E-state index contributed by atoms with van der Waals surface area (Å²) in [6.45, 7) is 16.4. The predicted octanol–water partition coefficient (Wildman–Crippen LogP) is 3.37. The van der Waals surface area contributed by atoms with Crippen LogP contribution in [0.15, 0.2) is 48.5 Å². The van der Waals surface area contributed by atoms with Crippen molar-refractivity contribution < 1.29 is 14.4 Å². The van der Waals surface area contributed by atoms with E-state index >= 15 is 0 Å². The molecule has 7 heteroatoms. The Bertz CT molecular complexity index is 1010. The first-order valence-corrected chi connectivity index (χ1v) is 13.9. The summed E-state index contributed by atoms with van der Waals surface area (Å²) in [5, 5.41) is 0. The highest BCUT2D eigenvalue weighted by Crippen LogP contribution is 2.17. The van der Waals surface area contributed by atoms with Gasteiger partial charge in [0.25, 0.3) is 0 Å². The van der Waals surface area contributed by atoms with E-state index in [2.05, 4.69) is 33.4 Å². The molecule has 7 nitrogen and oxygen atoms in total. The van der Waals surface area contributed by atoms with Crippen molar-refractivity contribution in [1.82, 2.24) is 19.6 Å². The van der Waals surface area contributed by atoms with E-state index in [1.165, 1.54) is 11.1 Å². The SMILES string of the molecule is CC(=O)c1ccc(CN2CCN(C(C)C(=O)C(C)N3CCN(Cc4ccc(C(C)=O)cc4)CC3)CC2)cc1. The molecule has 2 aliphatic rings. The summed E-state index contributed by atoms with van der Waals surface area (Å²) in [6.07, 6.45) is 0. The Balaban J connectivity index is 1.20. The van der Waals surface area contributed by atoms with Gasteiger partial charge in [-0.3, -0.25) is 34.0 Å². The summed E-state index contributed by atoms with van der Waals surface area (Å²) in [5.74, 6) is 0.501. The van der Waals surface area contributed by atoms with Gasteiger partial charge in [0.15, 0.2) is 17.3 Å². The number of carbonyl (C=O) groups excluding carboxylic acids is 3. The maximum atomic E-state index is 13.4. The largest absolute Gasteiger partial charge is 0.297 e. The number of rotatable bonds is 10. The smallest absolute Gasteiger partial charge is 0.166 e. The molecule has 0 bridgehead atoms. The van der Waals surface area contributed by atoms with E-state index in [0.29, 0.717) is 5.78 Å². The Labute approximate surface area is 227 Å². The van der Waals surface area contributed by atoms with Crippen LogP contribution in [0.2, 0.25) is 0 Å². The molecular formula is C31H42N4O3. The van der Waals surface area contributed by atoms with Gasteiger partial charge in [0, 0.05) is 76.6 Å². The van der Waals surface area contributed by atoms with Crippen LogP contribution in [0, 0.1) is 0 Å². The van der Waals surface area contributed by atoms with Gasteiger partial charge in [-0.05, 0) is 38.8 Å². The standard InChI is InChI=1S/C31H42N4O3/c1-23(34-17-13-32(14-18-34)21-27-5-9-29(10-6-27)25(3)36)31(38)24(2)35-19-15-33(16-20-35)22-28-7-11-30(12-8-28)26(4)37/h5-12,23-24H,13-22H2,1-4H3. The van der Waals surface area contributed by atoms with Gasteiger partial charge in [0.2, 0.25) is 0 Å². The zero-order chi connectivity index (χ0) is 27.2. The first kappa shape index (κ1) is 28.3. The van der Waals surface area contributed by atoms with Crippen LogP contribution < -0.4 is 0 Å². The first-order chi connectivity index (χ1) is 18.2. The van der Waals surface area contributed by atoms with Crippen LogP contribution in [-0.4, -0.2) is 101 Å². The van der Waals surface area contributed by atoms with Crippen LogP contribution >= 0.6 is 0 Å². The molecule has 2 atom stereocenters. The Morgan fingerprint density at radius 3 is 1.18 bits per heavy atom. The van der Waals surface area contributed by atoms with Crippen molar-refractivity contribution in [1.29, 1.82) is 0 Å². The average molecular weight is 519 g/mol. The van der Waals surface area contributed by atoms with Crippen LogP contribution in [0.4, 0.5) is 0 Å². The summed E-state index contributed by atoms with van der Waals surface area (Å²) < 4.78 is 0. The monoisotopic (exact) mass is 518 g/mol. The van der Waals surface area contributed by atoms with Crippen LogP contribution in [0.1, 0.15) is 59.5 Å². The molecule has 4 rings (SSSR count). The molecule has 0 saturated carbocycles. The van der Waals surface area contributed by atoms with Crippen molar-refractivity contribution in [2.45, 2.75) is 52.9 Å². The van der Waals surface area contributed by atoms with Gasteiger partial charge in [-0.2, -0.15) is 0 Å². The van der Waals surface area contributed by atoms with Crippen LogP contribution in [0.5, 0.6) is 0 Å². The molecule has 0 spiro atoms. The summed E-state index contributed by atoms with van der Waals surface area (Å²) in [4.78, 5) is 45.9. The summed E-state index contributed by atoms with van der Waals surface area (Å²) >= 11 is 0. The number of carbonyl (C=O) groups is 3. The van der Waals surface area contributed by atoms with Gasteiger partial charge in [-0.1, -0.05) is 48.5 Å². The van der Waals surface area contributed by atoms with Crippen LogP contribution in [0.3, 0.4) is 0 Å². The maximum Gasteiger partial charge on any atom is 0.166 e. The zero-order valence-corrected chi connectivity index (χ0v) is 23.4. The minimum atomic E-state index is -0.0835. The highest BCUT2D eigenvalue weighted by molar-refractivity contribution is 5.94. The fourth-order valence-electron chi connectivity index (χ4n) is 5.53. The van der Waals surface area contributed by atoms with Crippen molar-refractivity contribution in [2.75, 3.05) is 52.4 Å². The molecular weight excluding hydrogens is 476 g/mol. The van der Waals surface area contributed by atoms with E-state index in [-0.39, 0.29) is 23.7 Å². The van der Waals surface area contributed by atoms with E-state index in [1.807, 2.05) is 48.5 Å². The van der Waals surface area contributed by atoms with Crippen molar-refractivity contribution in [3.63, 3.8) is 0 Å². The van der Waals surface area contributed by atoms with Crippen molar-refractivity contribution in [2.24, 2.45) is 0 Å². The van der Waals surface area contributed by atoms with Gasteiger partial charge in [0.1, 0.15) is 0 Å². The van der Waals surface area contributed by atoms with Crippen LogP contribution in [0.25, 0.3) is 0 Å². The number of hydrogen-bond acceptors (Lipinski definition) is 7. The number of Topliss-reactive ketones (excluding diaryl/α,β-unsaturated/α-hetero) is 3. The molecule has 0 aliphatic carbocycles. The third kappa shape index (κ3) is 7.23. The molecule has 2 unspecified atom stereocenters. The molecule has 0 amide bonds. The van der Waals surface area contributed by atoms with Crippen molar-refractivity contribution in [3.8, 4) is 0 Å². The topological polar surface area (TPSA) is 64.2 Å². The highest BCUT2D eigenvalue weighted by Gasteiger charge is 2.32. The lowest BCUT2D eigenvalue weighted by atomic mass is 10.0. The summed E-state index contributed by atoms with van der Waals surface area (Å²) in [5.41, 5.74) is 3.94. The van der Waals surface area contributed by atoms with E-state index < -0.39 is 0 Å². The molecule has 2 aromatic carbocycles. The molecule has 2 fully saturated rings. The van der Waals surface area contributed by atoms with Gasteiger partial charge in [0.05, 0.1) is 12.1 Å². The number of nitrogens with zero attached hydrogens (tertiary/aromatic N) is 4. The van der Waals surface area contributed by atoms with Gasteiger partial charge in [-0.25, -0.2) is 0 Å². The summed E-state index contributed by atoms with van der Waals surface area (Å²) in [7, 11) is 0. The molecule has 38 heavy (non-hydrogen) atoms. The van der Waals surface area contributed by atoms with E-state index in [1.54, 1.807) is 13.8 Å². The molecule has 204 valence electrons. The first-order valence-electron chi connectivity index (χ1n) is 13.9. The Morgan fingerprint density at radius 2 is 0.895 bits per heavy atom. The van der Waals surface area contributed by atoms with Gasteiger partial charge in [-0.15, -0.1) is 0 Å². The molecule has 0 aromatic heterocycles. The van der Waals surface area contributed by atoms with E-state index in [9.17, 15) is 14.4 Å². The fraction of sp³-hybridized carbons (Fsp3) is 0.516. The third-order valence-corrected chi connectivity index (χ3v) is 8.27. The minimum Gasteiger partial charge on any atom is -0.297 e. The zero-order valence-electron chi connectivity index (χ0n) is 23.4. The van der Waals surface area contributed by atoms with Crippen LogP contribution in [-0.2, 0) is 17.9 Å². The second kappa shape index (κ2) is 12.9. The maximum absolute atomic E-state index is 13.4. The quantitative estimate of drug-likeness (QED) is 0.447. The van der Waals surface area contributed by atoms with E-state index in [4.69, 9.17) is 0 Å². The Morgan fingerprint density at radius 1 is 0.579 bits per heavy atom. The Hall–Kier alpha value is -2.71. The molecule has 2 aromatic rings. The number of ketones is 3.